The molecule has 2 aromatic carbocycles. The Labute approximate surface area is 129 Å². The molecule has 21 heavy (non-hydrogen) atoms. The van der Waals surface area contributed by atoms with E-state index in [9.17, 15) is 0 Å². The zero-order valence-corrected chi connectivity index (χ0v) is 13.1. The van der Waals surface area contributed by atoms with Crippen LogP contribution in [0.5, 0.6) is 0 Å². The lowest BCUT2D eigenvalue weighted by Crippen LogP contribution is -1.91. The van der Waals surface area contributed by atoms with Gasteiger partial charge < -0.3 is 5.73 Å². The summed E-state index contributed by atoms with van der Waals surface area (Å²) in [4.78, 5) is 5.67. The number of hydrogen-bond acceptors (Lipinski definition) is 3. The molecule has 2 nitrogen and oxygen atoms in total. The van der Waals surface area contributed by atoms with E-state index in [1.807, 2.05) is 36.2 Å². The molecule has 0 atom stereocenters. The highest BCUT2D eigenvalue weighted by atomic mass is 32.2. The smallest absolute Gasteiger partial charge is 0.0858 e. The molecule has 0 fully saturated rings. The number of nitrogens with zero attached hydrogens (tertiary/aromatic N) is 1. The van der Waals surface area contributed by atoms with Gasteiger partial charge in [-0.2, -0.15) is 0 Å². The number of aryl methyl sites for hydroxylation is 2. The van der Waals surface area contributed by atoms with Crippen LogP contribution in [0.1, 0.15) is 16.7 Å². The van der Waals surface area contributed by atoms with Gasteiger partial charge in [0.2, 0.25) is 0 Å². The van der Waals surface area contributed by atoms with Gasteiger partial charge >= 0.3 is 0 Å². The quantitative estimate of drug-likeness (QED) is 0.561. The molecular formula is C18H18N2S. The second-order valence-corrected chi connectivity index (χ2v) is 6.35. The van der Waals surface area contributed by atoms with Crippen LogP contribution >= 0.6 is 11.8 Å². The molecular weight excluding hydrogens is 276 g/mol. The molecule has 0 radical (unpaired) electrons. The first-order valence-electron chi connectivity index (χ1n) is 6.96. The number of fused-ring (bicyclic) bond motifs is 1. The van der Waals surface area contributed by atoms with Gasteiger partial charge in [0.05, 0.1) is 5.52 Å². The summed E-state index contributed by atoms with van der Waals surface area (Å²) in [5, 5.41) is 1.03. The molecule has 0 unspecified atom stereocenters. The van der Waals surface area contributed by atoms with Crippen LogP contribution < -0.4 is 5.73 Å². The van der Waals surface area contributed by atoms with Crippen LogP contribution in [-0.2, 0) is 5.75 Å². The third-order valence-electron chi connectivity index (χ3n) is 3.44. The molecule has 3 heteroatoms. The molecule has 3 rings (SSSR count). The number of nitrogens with two attached hydrogens (primary N) is 1. The van der Waals surface area contributed by atoms with Gasteiger partial charge in [-0.1, -0.05) is 29.3 Å². The third-order valence-corrected chi connectivity index (χ3v) is 4.56. The lowest BCUT2D eigenvalue weighted by Gasteiger charge is -2.08. The lowest BCUT2D eigenvalue weighted by molar-refractivity contribution is 1.29. The van der Waals surface area contributed by atoms with E-state index in [0.717, 1.165) is 22.3 Å². The van der Waals surface area contributed by atoms with E-state index in [1.165, 1.54) is 21.6 Å². The predicted molar refractivity (Wildman–Crippen MR) is 91.6 cm³/mol. The van der Waals surface area contributed by atoms with Crippen molar-refractivity contribution in [1.82, 2.24) is 4.98 Å². The molecule has 0 aliphatic rings. The topological polar surface area (TPSA) is 38.9 Å². The number of benzene rings is 2. The molecule has 0 bridgehead atoms. The molecule has 0 spiro atoms. The number of nitrogen functional groups attached to an aromatic ring is 1. The number of aromatic nitrogens is 1. The van der Waals surface area contributed by atoms with Crippen molar-refractivity contribution in [3.05, 3.63) is 65.4 Å². The summed E-state index contributed by atoms with van der Waals surface area (Å²) < 4.78 is 0. The second kappa shape index (κ2) is 5.78. The first kappa shape index (κ1) is 14.0. The van der Waals surface area contributed by atoms with E-state index in [2.05, 4.69) is 43.1 Å². The number of anilines is 1. The summed E-state index contributed by atoms with van der Waals surface area (Å²) in [6, 6.07) is 14.7. The molecule has 3 aromatic rings. The van der Waals surface area contributed by atoms with Crippen molar-refractivity contribution >= 4 is 28.4 Å². The fourth-order valence-corrected chi connectivity index (χ4v) is 3.55. The lowest BCUT2D eigenvalue weighted by atomic mass is 10.1. The Hall–Kier alpha value is -2.00. The maximum absolute atomic E-state index is 6.02. The predicted octanol–water partition coefficient (Wildman–Crippen LogP) is 4.73. The molecule has 1 aromatic heterocycles. The highest BCUT2D eigenvalue weighted by Gasteiger charge is 2.06. The van der Waals surface area contributed by atoms with Crippen molar-refractivity contribution in [2.24, 2.45) is 0 Å². The van der Waals surface area contributed by atoms with Gasteiger partial charge in [-0.25, -0.2) is 0 Å². The average molecular weight is 294 g/mol. The van der Waals surface area contributed by atoms with E-state index < -0.39 is 0 Å². The minimum atomic E-state index is 0.786. The van der Waals surface area contributed by atoms with E-state index in [4.69, 9.17) is 5.73 Å². The van der Waals surface area contributed by atoms with Crippen LogP contribution in [0, 0.1) is 13.8 Å². The van der Waals surface area contributed by atoms with Crippen LogP contribution in [0.3, 0.4) is 0 Å². The SMILES string of the molecule is Cc1cc(C)cc(CSc2ccc(N)c3cccnc23)c1. The average Bonchev–Trinajstić information content (AvgIpc) is 2.46. The van der Waals surface area contributed by atoms with Crippen molar-refractivity contribution in [1.29, 1.82) is 0 Å². The second-order valence-electron chi connectivity index (χ2n) is 5.34. The monoisotopic (exact) mass is 294 g/mol. The molecule has 0 saturated heterocycles. The van der Waals surface area contributed by atoms with E-state index in [0.29, 0.717) is 0 Å². The Balaban J connectivity index is 1.90. The Morgan fingerprint density at radius 1 is 1.05 bits per heavy atom. The van der Waals surface area contributed by atoms with Gasteiger partial charge in [-0.15, -0.1) is 11.8 Å². The third kappa shape index (κ3) is 3.03. The molecule has 106 valence electrons. The van der Waals surface area contributed by atoms with Crippen LogP contribution in [0.4, 0.5) is 5.69 Å². The molecule has 2 N–H and O–H groups in total. The molecule has 0 amide bonds. The van der Waals surface area contributed by atoms with Gasteiger partial charge in [0.15, 0.2) is 0 Å². The Morgan fingerprint density at radius 2 is 1.81 bits per heavy atom. The minimum absolute atomic E-state index is 0.786. The van der Waals surface area contributed by atoms with Gasteiger partial charge in [-0.3, -0.25) is 4.98 Å². The van der Waals surface area contributed by atoms with Crippen molar-refractivity contribution in [3.8, 4) is 0 Å². The van der Waals surface area contributed by atoms with Crippen LogP contribution in [0.2, 0.25) is 0 Å². The Bertz CT molecular complexity index is 776. The molecule has 0 aliphatic heterocycles. The largest absolute Gasteiger partial charge is 0.398 e. The normalized spacial score (nSPS) is 11.0. The summed E-state index contributed by atoms with van der Waals surface area (Å²) in [7, 11) is 0. The number of hydrogen-bond donors (Lipinski definition) is 1. The summed E-state index contributed by atoms with van der Waals surface area (Å²) >= 11 is 1.81. The summed E-state index contributed by atoms with van der Waals surface area (Å²) in [5.74, 6) is 0.943. The summed E-state index contributed by atoms with van der Waals surface area (Å²) in [5.41, 5.74) is 11.8. The van der Waals surface area contributed by atoms with Crippen LogP contribution in [0.15, 0.2) is 53.6 Å². The van der Waals surface area contributed by atoms with E-state index in [1.54, 1.807) is 0 Å². The van der Waals surface area contributed by atoms with E-state index >= 15 is 0 Å². The fraction of sp³-hybridized carbons (Fsp3) is 0.167. The summed E-state index contributed by atoms with van der Waals surface area (Å²) in [6.07, 6.45) is 1.82. The number of thioether (sulfide) groups is 1. The molecule has 1 heterocycles. The van der Waals surface area contributed by atoms with Crippen molar-refractivity contribution in [2.75, 3.05) is 5.73 Å². The summed E-state index contributed by atoms with van der Waals surface area (Å²) in [6.45, 7) is 4.28. The van der Waals surface area contributed by atoms with Crippen molar-refractivity contribution in [2.45, 2.75) is 24.5 Å². The zero-order valence-electron chi connectivity index (χ0n) is 12.3. The van der Waals surface area contributed by atoms with Gasteiger partial charge in [0, 0.05) is 27.9 Å². The Morgan fingerprint density at radius 3 is 2.57 bits per heavy atom. The first-order chi connectivity index (χ1) is 10.1. The maximum Gasteiger partial charge on any atom is 0.0858 e. The van der Waals surface area contributed by atoms with E-state index in [-0.39, 0.29) is 0 Å². The van der Waals surface area contributed by atoms with Crippen molar-refractivity contribution < 1.29 is 0 Å². The first-order valence-corrected chi connectivity index (χ1v) is 7.95. The van der Waals surface area contributed by atoms with Gasteiger partial charge in [-0.05, 0) is 43.7 Å². The number of pyridine rings is 1. The van der Waals surface area contributed by atoms with Gasteiger partial charge in [0.1, 0.15) is 0 Å². The minimum Gasteiger partial charge on any atom is -0.398 e. The number of rotatable bonds is 3. The molecule has 0 saturated carbocycles. The maximum atomic E-state index is 6.02. The van der Waals surface area contributed by atoms with Crippen LogP contribution in [-0.4, -0.2) is 4.98 Å². The Kier molecular flexibility index (Phi) is 3.84. The zero-order chi connectivity index (χ0) is 14.8. The standard InChI is InChI=1S/C18H18N2S/c1-12-8-13(2)10-14(9-12)11-21-17-6-5-16(19)15-4-3-7-20-18(15)17/h3-10H,11,19H2,1-2H3. The van der Waals surface area contributed by atoms with Crippen LogP contribution in [0.25, 0.3) is 10.9 Å². The van der Waals surface area contributed by atoms with Crippen molar-refractivity contribution in [3.63, 3.8) is 0 Å². The molecule has 0 aliphatic carbocycles. The van der Waals surface area contributed by atoms with Gasteiger partial charge in [0.25, 0.3) is 0 Å². The highest BCUT2D eigenvalue weighted by molar-refractivity contribution is 7.98. The highest BCUT2D eigenvalue weighted by Crippen LogP contribution is 2.32. The fourth-order valence-electron chi connectivity index (χ4n) is 2.60.